The van der Waals surface area contributed by atoms with Gasteiger partial charge in [0.2, 0.25) is 0 Å². The molecule has 0 unspecified atom stereocenters. The van der Waals surface area contributed by atoms with E-state index in [1.165, 1.54) is 31.4 Å². The first-order valence-electron chi connectivity index (χ1n) is 8.41. The molecule has 1 N–H and O–H groups in total. The molecule has 1 aromatic heterocycles. The van der Waals surface area contributed by atoms with Crippen LogP contribution < -0.4 is 10.2 Å². The number of nitrogens with one attached hydrogen (secondary N) is 1. The van der Waals surface area contributed by atoms with Gasteiger partial charge in [-0.25, -0.2) is 0 Å². The molecule has 0 fully saturated rings. The highest BCUT2D eigenvalue weighted by molar-refractivity contribution is 5.46. The average Bonchev–Trinajstić information content (AvgIpc) is 2.45. The maximum atomic E-state index is 4.50. The molecular weight excluding hydrogens is 258 g/mol. The van der Waals surface area contributed by atoms with E-state index in [4.69, 9.17) is 0 Å². The van der Waals surface area contributed by atoms with Crippen LogP contribution in [0.2, 0.25) is 0 Å². The number of anilines is 1. The SMILES string of the molecule is CCCCN(CCCC)c1ccnc(CNC(C)(C)C)c1. The van der Waals surface area contributed by atoms with Crippen molar-refractivity contribution < 1.29 is 0 Å². The molecule has 0 bridgehead atoms. The standard InChI is InChI=1S/C18H33N3/c1-6-8-12-21(13-9-7-2)17-10-11-19-16(14-17)15-20-18(3,4)5/h10-11,14,20H,6-9,12-13,15H2,1-5H3. The van der Waals surface area contributed by atoms with E-state index in [1.807, 2.05) is 6.20 Å². The van der Waals surface area contributed by atoms with E-state index in [2.05, 4.69) is 62.0 Å². The van der Waals surface area contributed by atoms with Crippen molar-refractivity contribution in [1.29, 1.82) is 0 Å². The van der Waals surface area contributed by atoms with Gasteiger partial charge in [0.25, 0.3) is 0 Å². The van der Waals surface area contributed by atoms with Gasteiger partial charge in [-0.2, -0.15) is 0 Å². The Morgan fingerprint density at radius 3 is 2.24 bits per heavy atom. The molecule has 0 aromatic carbocycles. The normalized spacial score (nSPS) is 11.7. The zero-order valence-electron chi connectivity index (χ0n) is 14.6. The van der Waals surface area contributed by atoms with Crippen LogP contribution in [0.1, 0.15) is 66.0 Å². The van der Waals surface area contributed by atoms with Crippen molar-refractivity contribution in [3.05, 3.63) is 24.0 Å². The Bertz CT molecular complexity index is 388. The van der Waals surface area contributed by atoms with Gasteiger partial charge in [0.15, 0.2) is 0 Å². The molecule has 1 rings (SSSR count). The Morgan fingerprint density at radius 2 is 1.71 bits per heavy atom. The fourth-order valence-corrected chi connectivity index (χ4v) is 2.18. The van der Waals surface area contributed by atoms with Gasteiger partial charge < -0.3 is 10.2 Å². The summed E-state index contributed by atoms with van der Waals surface area (Å²) in [4.78, 5) is 7.01. The molecule has 0 amide bonds. The fourth-order valence-electron chi connectivity index (χ4n) is 2.18. The summed E-state index contributed by atoms with van der Waals surface area (Å²) >= 11 is 0. The number of hydrogen-bond acceptors (Lipinski definition) is 3. The summed E-state index contributed by atoms with van der Waals surface area (Å²) in [6.07, 6.45) is 6.93. The summed E-state index contributed by atoms with van der Waals surface area (Å²) < 4.78 is 0. The van der Waals surface area contributed by atoms with Crippen molar-refractivity contribution in [1.82, 2.24) is 10.3 Å². The van der Waals surface area contributed by atoms with Gasteiger partial charge >= 0.3 is 0 Å². The molecule has 0 saturated heterocycles. The van der Waals surface area contributed by atoms with Gasteiger partial charge in [0.05, 0.1) is 5.69 Å². The minimum absolute atomic E-state index is 0.127. The van der Waals surface area contributed by atoms with Crippen molar-refractivity contribution in [2.45, 2.75) is 72.4 Å². The highest BCUT2D eigenvalue weighted by Gasteiger charge is 2.10. The summed E-state index contributed by atoms with van der Waals surface area (Å²) in [6, 6.07) is 4.38. The molecule has 120 valence electrons. The zero-order valence-corrected chi connectivity index (χ0v) is 14.6. The predicted octanol–water partition coefficient (Wildman–Crippen LogP) is 4.38. The number of unbranched alkanes of at least 4 members (excludes halogenated alkanes) is 2. The van der Waals surface area contributed by atoms with Gasteiger partial charge in [-0.05, 0) is 45.7 Å². The molecule has 0 spiro atoms. The van der Waals surface area contributed by atoms with Crippen LogP contribution in [-0.2, 0) is 6.54 Å². The van der Waals surface area contributed by atoms with E-state index in [0.717, 1.165) is 25.3 Å². The maximum Gasteiger partial charge on any atom is 0.0562 e. The quantitative estimate of drug-likeness (QED) is 0.732. The fraction of sp³-hybridized carbons (Fsp3) is 0.722. The summed E-state index contributed by atoms with van der Waals surface area (Å²) in [6.45, 7) is 14.2. The minimum Gasteiger partial charge on any atom is -0.371 e. The number of aromatic nitrogens is 1. The third-order valence-corrected chi connectivity index (χ3v) is 3.53. The highest BCUT2D eigenvalue weighted by atomic mass is 15.1. The van der Waals surface area contributed by atoms with E-state index in [0.29, 0.717) is 0 Å². The molecule has 3 nitrogen and oxygen atoms in total. The second-order valence-corrected chi connectivity index (χ2v) is 6.80. The molecule has 0 aliphatic carbocycles. The first-order valence-corrected chi connectivity index (χ1v) is 8.41. The van der Waals surface area contributed by atoms with Crippen molar-refractivity contribution >= 4 is 5.69 Å². The molecule has 0 aliphatic heterocycles. The lowest BCUT2D eigenvalue weighted by Gasteiger charge is -2.25. The zero-order chi connectivity index (χ0) is 15.7. The topological polar surface area (TPSA) is 28.2 Å². The molecule has 0 saturated carbocycles. The van der Waals surface area contributed by atoms with Crippen LogP contribution in [0.25, 0.3) is 0 Å². The van der Waals surface area contributed by atoms with E-state index in [-0.39, 0.29) is 5.54 Å². The van der Waals surface area contributed by atoms with E-state index in [1.54, 1.807) is 0 Å². The Kier molecular flexibility index (Phi) is 7.73. The van der Waals surface area contributed by atoms with E-state index < -0.39 is 0 Å². The second kappa shape index (κ2) is 9.04. The Labute approximate surface area is 131 Å². The van der Waals surface area contributed by atoms with Crippen molar-refractivity contribution in [2.24, 2.45) is 0 Å². The van der Waals surface area contributed by atoms with Gasteiger partial charge in [-0.3, -0.25) is 4.98 Å². The third-order valence-electron chi connectivity index (χ3n) is 3.53. The number of pyridine rings is 1. The smallest absolute Gasteiger partial charge is 0.0562 e. The minimum atomic E-state index is 0.127. The van der Waals surface area contributed by atoms with Crippen LogP contribution in [0.3, 0.4) is 0 Å². The van der Waals surface area contributed by atoms with Crippen LogP contribution in [0, 0.1) is 0 Å². The molecule has 1 heterocycles. The first-order chi connectivity index (χ1) is 9.96. The molecule has 1 aromatic rings. The predicted molar refractivity (Wildman–Crippen MR) is 92.9 cm³/mol. The second-order valence-electron chi connectivity index (χ2n) is 6.80. The first kappa shape index (κ1) is 18.0. The Balaban J connectivity index is 2.73. The molecule has 0 aliphatic rings. The summed E-state index contributed by atoms with van der Waals surface area (Å²) in [5.41, 5.74) is 2.57. The largest absolute Gasteiger partial charge is 0.371 e. The lowest BCUT2D eigenvalue weighted by atomic mass is 10.1. The number of hydrogen-bond donors (Lipinski definition) is 1. The monoisotopic (exact) mass is 291 g/mol. The molecular formula is C18H33N3. The Morgan fingerprint density at radius 1 is 1.10 bits per heavy atom. The Hall–Kier alpha value is -1.09. The van der Waals surface area contributed by atoms with Crippen LogP contribution in [0.15, 0.2) is 18.3 Å². The van der Waals surface area contributed by atoms with Crippen LogP contribution >= 0.6 is 0 Å². The van der Waals surface area contributed by atoms with Crippen LogP contribution in [0.5, 0.6) is 0 Å². The molecule has 21 heavy (non-hydrogen) atoms. The van der Waals surface area contributed by atoms with Crippen molar-refractivity contribution in [3.8, 4) is 0 Å². The highest BCUT2D eigenvalue weighted by Crippen LogP contribution is 2.17. The lowest BCUT2D eigenvalue weighted by Crippen LogP contribution is -2.35. The average molecular weight is 291 g/mol. The van der Waals surface area contributed by atoms with Gasteiger partial charge in [-0.15, -0.1) is 0 Å². The van der Waals surface area contributed by atoms with Gasteiger partial charge in [0.1, 0.15) is 0 Å². The third kappa shape index (κ3) is 7.47. The van der Waals surface area contributed by atoms with E-state index in [9.17, 15) is 0 Å². The lowest BCUT2D eigenvalue weighted by molar-refractivity contribution is 0.421. The maximum absolute atomic E-state index is 4.50. The molecule has 3 heteroatoms. The van der Waals surface area contributed by atoms with Crippen LogP contribution in [-0.4, -0.2) is 23.6 Å². The summed E-state index contributed by atoms with van der Waals surface area (Å²) in [5.74, 6) is 0. The van der Waals surface area contributed by atoms with Crippen molar-refractivity contribution in [2.75, 3.05) is 18.0 Å². The summed E-state index contributed by atoms with van der Waals surface area (Å²) in [7, 11) is 0. The molecule has 0 atom stereocenters. The molecule has 0 radical (unpaired) electrons. The van der Waals surface area contributed by atoms with Crippen LogP contribution in [0.4, 0.5) is 5.69 Å². The number of rotatable bonds is 9. The number of nitrogens with zero attached hydrogens (tertiary/aromatic N) is 2. The van der Waals surface area contributed by atoms with E-state index >= 15 is 0 Å². The van der Waals surface area contributed by atoms with Gasteiger partial charge in [-0.1, -0.05) is 26.7 Å². The van der Waals surface area contributed by atoms with Gasteiger partial charge in [0, 0.05) is 37.1 Å². The summed E-state index contributed by atoms with van der Waals surface area (Å²) in [5, 5.41) is 3.51. The van der Waals surface area contributed by atoms with Crippen molar-refractivity contribution in [3.63, 3.8) is 0 Å².